The normalized spacial score (nSPS) is 15.3. The number of rotatable bonds is 13. The van der Waals surface area contributed by atoms with Crippen LogP contribution in [-0.4, -0.2) is 28.7 Å². The topological polar surface area (TPSA) is 32.3 Å². The van der Waals surface area contributed by atoms with Crippen molar-refractivity contribution in [2.45, 2.75) is 103 Å². The summed E-state index contributed by atoms with van der Waals surface area (Å²) in [6.07, 6.45) is 11.1. The van der Waals surface area contributed by atoms with Gasteiger partial charge in [0.05, 0.1) is 6.10 Å². The number of β-amino-alcohol motifs (C(OH)–C–C–N with tert-alkyl or cyclic N) is 1. The van der Waals surface area contributed by atoms with Crippen LogP contribution in [0.3, 0.4) is 0 Å². The zero-order valence-corrected chi connectivity index (χ0v) is 14.8. The molecule has 0 aromatic rings. The van der Waals surface area contributed by atoms with Gasteiger partial charge in [-0.1, -0.05) is 51.9 Å². The minimum absolute atomic E-state index is 0.00450. The van der Waals surface area contributed by atoms with Gasteiger partial charge in [-0.05, 0) is 33.6 Å². The van der Waals surface area contributed by atoms with Crippen molar-refractivity contribution in [3.8, 4) is 0 Å². The Bertz CT molecular complexity index is 219. The van der Waals surface area contributed by atoms with Gasteiger partial charge in [0, 0.05) is 17.5 Å². The van der Waals surface area contributed by atoms with Crippen molar-refractivity contribution in [2.24, 2.45) is 0 Å². The Labute approximate surface area is 131 Å². The zero-order chi connectivity index (χ0) is 15.4. The molecular formula is C17H36ClNO. The van der Waals surface area contributed by atoms with Gasteiger partial charge in [0.2, 0.25) is 0 Å². The van der Waals surface area contributed by atoms with Crippen molar-refractivity contribution < 1.29 is 5.11 Å². The number of unbranched alkanes of at least 4 members (excludes halogenated alkanes) is 6. The molecule has 0 bridgehead atoms. The third-order valence-electron chi connectivity index (χ3n) is 3.73. The molecule has 0 rings (SSSR count). The van der Waals surface area contributed by atoms with Crippen molar-refractivity contribution in [1.29, 1.82) is 0 Å². The van der Waals surface area contributed by atoms with Gasteiger partial charge in [0.15, 0.2) is 0 Å². The Kier molecular flexibility index (Phi) is 11.9. The molecule has 0 amide bonds. The van der Waals surface area contributed by atoms with Crippen LogP contribution >= 0.6 is 11.6 Å². The Morgan fingerprint density at radius 2 is 1.60 bits per heavy atom. The van der Waals surface area contributed by atoms with E-state index in [2.05, 4.69) is 26.1 Å². The average Bonchev–Trinajstić information content (AvgIpc) is 2.35. The lowest BCUT2D eigenvalue weighted by atomic mass is 9.95. The minimum atomic E-state index is -0.300. The predicted molar refractivity (Wildman–Crippen MR) is 90.6 cm³/mol. The molecule has 3 heteroatoms. The third kappa shape index (κ3) is 13.2. The fourth-order valence-corrected chi connectivity index (χ4v) is 3.01. The highest BCUT2D eigenvalue weighted by atomic mass is 35.5. The van der Waals surface area contributed by atoms with E-state index in [9.17, 15) is 5.11 Å². The summed E-state index contributed by atoms with van der Waals surface area (Å²) in [6.45, 7) is 9.02. The number of hydrogen-bond acceptors (Lipinski definition) is 2. The Morgan fingerprint density at radius 1 is 1.05 bits per heavy atom. The Hall–Kier alpha value is 0.210. The van der Waals surface area contributed by atoms with Crippen molar-refractivity contribution in [3.05, 3.63) is 0 Å². The van der Waals surface area contributed by atoms with E-state index in [0.717, 1.165) is 12.8 Å². The van der Waals surface area contributed by atoms with Crippen LogP contribution in [0.4, 0.5) is 0 Å². The van der Waals surface area contributed by atoms with E-state index in [-0.39, 0.29) is 17.0 Å². The summed E-state index contributed by atoms with van der Waals surface area (Å²) in [7, 11) is 0. The minimum Gasteiger partial charge on any atom is -0.392 e. The van der Waals surface area contributed by atoms with Crippen molar-refractivity contribution in [1.82, 2.24) is 5.32 Å². The molecule has 0 aliphatic heterocycles. The summed E-state index contributed by atoms with van der Waals surface area (Å²) in [6, 6.07) is 0. The van der Waals surface area contributed by atoms with Crippen LogP contribution in [0.5, 0.6) is 0 Å². The molecule has 2 N–H and O–H groups in total. The highest BCUT2D eigenvalue weighted by Gasteiger charge is 2.21. The molecule has 0 saturated heterocycles. The number of halogens is 1. The molecule has 2 nitrogen and oxygen atoms in total. The van der Waals surface area contributed by atoms with Gasteiger partial charge in [-0.25, -0.2) is 0 Å². The quantitative estimate of drug-likeness (QED) is 0.376. The first kappa shape index (κ1) is 20.2. The van der Waals surface area contributed by atoms with Crippen LogP contribution in [0, 0.1) is 0 Å². The smallest absolute Gasteiger partial charge is 0.0636 e. The van der Waals surface area contributed by atoms with Gasteiger partial charge in [0.1, 0.15) is 0 Å². The molecule has 0 spiro atoms. The Morgan fingerprint density at radius 3 is 2.15 bits per heavy atom. The number of aliphatic hydroxyl groups is 1. The second kappa shape index (κ2) is 11.8. The zero-order valence-electron chi connectivity index (χ0n) is 14.1. The maximum absolute atomic E-state index is 9.32. The van der Waals surface area contributed by atoms with Gasteiger partial charge in [-0.3, -0.25) is 0 Å². The summed E-state index contributed by atoms with van der Waals surface area (Å²) >= 11 is 6.44. The summed E-state index contributed by atoms with van der Waals surface area (Å²) in [5.41, 5.74) is 0.00450. The molecule has 0 heterocycles. The van der Waals surface area contributed by atoms with E-state index in [4.69, 9.17) is 11.6 Å². The average molecular weight is 306 g/mol. The molecule has 0 aromatic heterocycles. The summed E-state index contributed by atoms with van der Waals surface area (Å²) in [4.78, 5) is 0. The summed E-state index contributed by atoms with van der Waals surface area (Å²) in [5, 5.41) is 12.9. The third-order valence-corrected chi connectivity index (χ3v) is 4.10. The maximum Gasteiger partial charge on any atom is 0.0636 e. The van der Waals surface area contributed by atoms with E-state index in [1.807, 2.05) is 0 Å². The number of alkyl halides is 1. The van der Waals surface area contributed by atoms with Crippen LogP contribution in [0.2, 0.25) is 0 Å². The van der Waals surface area contributed by atoms with Gasteiger partial charge in [0.25, 0.3) is 0 Å². The number of nitrogens with one attached hydrogen (secondary N) is 1. The first-order chi connectivity index (χ1) is 9.37. The van der Waals surface area contributed by atoms with Gasteiger partial charge in [-0.15, -0.1) is 11.6 Å². The molecule has 2 unspecified atom stereocenters. The molecule has 0 saturated carbocycles. The molecule has 0 aliphatic carbocycles. The van der Waals surface area contributed by atoms with Gasteiger partial charge in [-0.2, -0.15) is 0 Å². The maximum atomic E-state index is 9.32. The molecule has 0 aliphatic rings. The molecule has 0 radical (unpaired) electrons. The van der Waals surface area contributed by atoms with E-state index in [1.165, 1.54) is 44.9 Å². The highest BCUT2D eigenvalue weighted by Crippen LogP contribution is 2.21. The Balaban J connectivity index is 3.58. The predicted octanol–water partition coefficient (Wildman–Crippen LogP) is 4.87. The molecule has 0 fully saturated rings. The number of hydrogen-bond donors (Lipinski definition) is 2. The first-order valence-corrected chi connectivity index (χ1v) is 8.88. The second-order valence-corrected chi connectivity index (χ2v) is 7.44. The lowest BCUT2D eigenvalue weighted by molar-refractivity contribution is 0.174. The fraction of sp³-hybridized carbons (Fsp3) is 1.00. The fourth-order valence-electron chi connectivity index (χ4n) is 2.47. The van der Waals surface area contributed by atoms with Crippen LogP contribution in [0.25, 0.3) is 0 Å². The van der Waals surface area contributed by atoms with E-state index < -0.39 is 0 Å². The van der Waals surface area contributed by atoms with Crippen LogP contribution in [0.1, 0.15) is 85.5 Å². The van der Waals surface area contributed by atoms with Crippen molar-refractivity contribution >= 4 is 11.6 Å². The van der Waals surface area contributed by atoms with Crippen molar-refractivity contribution in [3.63, 3.8) is 0 Å². The molecule has 20 heavy (non-hydrogen) atoms. The van der Waals surface area contributed by atoms with Crippen LogP contribution in [0.15, 0.2) is 0 Å². The molecule has 2 atom stereocenters. The molecule has 122 valence electrons. The molecule has 0 aromatic carbocycles. The van der Waals surface area contributed by atoms with Crippen molar-refractivity contribution in [2.75, 3.05) is 6.54 Å². The van der Waals surface area contributed by atoms with Crippen LogP contribution in [-0.2, 0) is 0 Å². The van der Waals surface area contributed by atoms with Gasteiger partial charge >= 0.3 is 0 Å². The van der Waals surface area contributed by atoms with Gasteiger partial charge < -0.3 is 10.4 Å². The number of aliphatic hydroxyl groups excluding tert-OH is 1. The monoisotopic (exact) mass is 305 g/mol. The second-order valence-electron chi connectivity index (χ2n) is 6.83. The largest absolute Gasteiger partial charge is 0.392 e. The lowest BCUT2D eigenvalue weighted by Crippen LogP contribution is -2.44. The summed E-state index contributed by atoms with van der Waals surface area (Å²) in [5.74, 6) is 0. The summed E-state index contributed by atoms with van der Waals surface area (Å²) < 4.78 is 0. The first-order valence-electron chi connectivity index (χ1n) is 8.44. The van der Waals surface area contributed by atoms with E-state index in [1.54, 1.807) is 6.92 Å². The standard InChI is InChI=1S/C17H36ClNO/c1-5-6-7-8-9-10-11-12-16(18)13-17(3,4)19-14-15(2)20/h15-16,19-20H,5-14H2,1-4H3. The lowest BCUT2D eigenvalue weighted by Gasteiger charge is -2.29. The van der Waals surface area contributed by atoms with E-state index in [0.29, 0.717) is 6.54 Å². The van der Waals surface area contributed by atoms with E-state index >= 15 is 0 Å². The highest BCUT2D eigenvalue weighted by molar-refractivity contribution is 6.20. The molecular weight excluding hydrogens is 270 g/mol. The SMILES string of the molecule is CCCCCCCCCC(Cl)CC(C)(C)NCC(C)O. The van der Waals surface area contributed by atoms with Crippen LogP contribution < -0.4 is 5.32 Å².